The molecule has 1 saturated carbocycles. The lowest BCUT2D eigenvalue weighted by atomic mass is 9.83. The van der Waals surface area contributed by atoms with E-state index in [1.165, 1.54) is 19.3 Å². The zero-order chi connectivity index (χ0) is 12.1. The van der Waals surface area contributed by atoms with Crippen molar-refractivity contribution in [2.75, 3.05) is 12.4 Å². The number of halogens is 1. The molecule has 0 spiro atoms. The quantitative estimate of drug-likeness (QED) is 0.862. The summed E-state index contributed by atoms with van der Waals surface area (Å²) in [5, 5.41) is 6.12. The predicted octanol–water partition coefficient (Wildman–Crippen LogP) is 2.96. The highest BCUT2D eigenvalue weighted by atomic mass is 35.5. The molecule has 1 amide bonds. The van der Waals surface area contributed by atoms with Gasteiger partial charge < -0.3 is 10.6 Å². The highest BCUT2D eigenvalue weighted by molar-refractivity contribution is 5.91. The molecule has 0 atom stereocenters. The average Bonchev–Trinajstić information content (AvgIpc) is 2.27. The molecular weight excluding hydrogens is 248 g/mol. The van der Waals surface area contributed by atoms with Gasteiger partial charge in [-0.1, -0.05) is 24.6 Å². The second-order valence-corrected chi connectivity index (χ2v) is 4.74. The van der Waals surface area contributed by atoms with Crippen molar-refractivity contribution in [3.05, 3.63) is 29.8 Å². The van der Waals surface area contributed by atoms with E-state index in [0.717, 1.165) is 17.8 Å². The second kappa shape index (κ2) is 7.39. The van der Waals surface area contributed by atoms with Crippen LogP contribution in [-0.4, -0.2) is 13.0 Å². The number of rotatable bonds is 5. The van der Waals surface area contributed by atoms with Crippen LogP contribution in [0, 0.1) is 5.92 Å². The fourth-order valence-electron chi connectivity index (χ4n) is 2.15. The standard InChI is InChI=1S/C14H20N2O.ClH/c1-15-10-12-7-2-3-8-13(12)16-14(17)9-11-5-4-6-11;/h2-3,7-8,11,15H,4-6,9-10H2,1H3,(H,16,17);1H. The van der Waals surface area contributed by atoms with Crippen molar-refractivity contribution in [3.63, 3.8) is 0 Å². The van der Waals surface area contributed by atoms with E-state index in [0.29, 0.717) is 12.3 Å². The Labute approximate surface area is 115 Å². The van der Waals surface area contributed by atoms with Crippen LogP contribution in [0.2, 0.25) is 0 Å². The maximum Gasteiger partial charge on any atom is 0.224 e. The lowest BCUT2D eigenvalue weighted by molar-refractivity contribution is -0.117. The van der Waals surface area contributed by atoms with Crippen molar-refractivity contribution in [1.29, 1.82) is 0 Å². The number of hydrogen-bond donors (Lipinski definition) is 2. The number of hydrogen-bond acceptors (Lipinski definition) is 2. The smallest absolute Gasteiger partial charge is 0.224 e. The first-order chi connectivity index (χ1) is 8.29. The molecule has 1 aliphatic carbocycles. The van der Waals surface area contributed by atoms with E-state index >= 15 is 0 Å². The summed E-state index contributed by atoms with van der Waals surface area (Å²) < 4.78 is 0. The van der Waals surface area contributed by atoms with Crippen LogP contribution in [0.25, 0.3) is 0 Å². The van der Waals surface area contributed by atoms with Gasteiger partial charge in [0.2, 0.25) is 5.91 Å². The topological polar surface area (TPSA) is 41.1 Å². The lowest BCUT2D eigenvalue weighted by Crippen LogP contribution is -2.21. The molecule has 0 unspecified atom stereocenters. The van der Waals surface area contributed by atoms with Crippen molar-refractivity contribution in [2.45, 2.75) is 32.2 Å². The summed E-state index contributed by atoms with van der Waals surface area (Å²) in [5.41, 5.74) is 2.07. The Morgan fingerprint density at radius 1 is 1.33 bits per heavy atom. The van der Waals surface area contributed by atoms with Crippen LogP contribution in [0.5, 0.6) is 0 Å². The molecular formula is C14H21ClN2O. The molecule has 0 bridgehead atoms. The number of para-hydroxylation sites is 1. The summed E-state index contributed by atoms with van der Waals surface area (Å²) in [6.07, 6.45) is 4.39. The van der Waals surface area contributed by atoms with Gasteiger partial charge in [-0.05, 0) is 37.4 Å². The molecule has 0 aliphatic heterocycles. The van der Waals surface area contributed by atoms with E-state index in [9.17, 15) is 4.79 Å². The summed E-state index contributed by atoms with van der Waals surface area (Å²) in [5.74, 6) is 0.768. The minimum Gasteiger partial charge on any atom is -0.326 e. The molecule has 1 fully saturated rings. The van der Waals surface area contributed by atoms with Gasteiger partial charge in [0.25, 0.3) is 0 Å². The van der Waals surface area contributed by atoms with Crippen molar-refractivity contribution < 1.29 is 4.79 Å². The minimum absolute atomic E-state index is 0. The van der Waals surface area contributed by atoms with Crippen LogP contribution in [0.15, 0.2) is 24.3 Å². The molecule has 18 heavy (non-hydrogen) atoms. The normalized spacial score (nSPS) is 14.5. The van der Waals surface area contributed by atoms with E-state index in [-0.39, 0.29) is 18.3 Å². The van der Waals surface area contributed by atoms with Gasteiger partial charge in [0.1, 0.15) is 0 Å². The molecule has 2 rings (SSSR count). The van der Waals surface area contributed by atoms with E-state index in [4.69, 9.17) is 0 Å². The molecule has 0 saturated heterocycles. The summed E-state index contributed by atoms with van der Waals surface area (Å²) in [7, 11) is 1.91. The molecule has 0 aromatic heterocycles. The zero-order valence-electron chi connectivity index (χ0n) is 10.7. The van der Waals surface area contributed by atoms with Gasteiger partial charge in [-0.15, -0.1) is 12.4 Å². The number of carbonyl (C=O) groups excluding carboxylic acids is 1. The molecule has 1 aromatic carbocycles. The number of nitrogens with one attached hydrogen (secondary N) is 2. The second-order valence-electron chi connectivity index (χ2n) is 4.74. The number of carbonyl (C=O) groups is 1. The summed E-state index contributed by atoms with van der Waals surface area (Å²) in [4.78, 5) is 11.8. The SMILES string of the molecule is CNCc1ccccc1NC(=O)CC1CCC1.Cl. The highest BCUT2D eigenvalue weighted by Gasteiger charge is 2.20. The Bertz CT molecular complexity index is 391. The van der Waals surface area contributed by atoms with Gasteiger partial charge in [0.15, 0.2) is 0 Å². The van der Waals surface area contributed by atoms with Gasteiger partial charge in [0, 0.05) is 18.7 Å². The Kier molecular flexibility index (Phi) is 6.16. The first-order valence-corrected chi connectivity index (χ1v) is 6.32. The molecule has 0 heterocycles. The predicted molar refractivity (Wildman–Crippen MR) is 77.0 cm³/mol. The first-order valence-electron chi connectivity index (χ1n) is 6.32. The third-order valence-electron chi connectivity index (χ3n) is 3.36. The van der Waals surface area contributed by atoms with Crippen LogP contribution in [-0.2, 0) is 11.3 Å². The Balaban J connectivity index is 0.00000162. The Hall–Kier alpha value is -1.06. The van der Waals surface area contributed by atoms with E-state index in [2.05, 4.69) is 10.6 Å². The Morgan fingerprint density at radius 2 is 2.06 bits per heavy atom. The third-order valence-corrected chi connectivity index (χ3v) is 3.36. The maximum absolute atomic E-state index is 11.8. The minimum atomic E-state index is 0. The van der Waals surface area contributed by atoms with Crippen LogP contribution in [0.4, 0.5) is 5.69 Å². The molecule has 1 aliphatic rings. The molecule has 4 heteroatoms. The van der Waals surface area contributed by atoms with Crippen LogP contribution in [0.1, 0.15) is 31.2 Å². The van der Waals surface area contributed by atoms with Crippen molar-refractivity contribution in [2.24, 2.45) is 5.92 Å². The largest absolute Gasteiger partial charge is 0.326 e. The van der Waals surface area contributed by atoms with Gasteiger partial charge >= 0.3 is 0 Å². The zero-order valence-corrected chi connectivity index (χ0v) is 11.6. The fourth-order valence-corrected chi connectivity index (χ4v) is 2.15. The van der Waals surface area contributed by atoms with Crippen LogP contribution < -0.4 is 10.6 Å². The van der Waals surface area contributed by atoms with E-state index in [1.54, 1.807) is 0 Å². The van der Waals surface area contributed by atoms with Crippen LogP contribution in [0.3, 0.4) is 0 Å². The summed E-state index contributed by atoms with van der Waals surface area (Å²) in [6.45, 7) is 0.778. The van der Waals surface area contributed by atoms with E-state index < -0.39 is 0 Å². The number of anilines is 1. The monoisotopic (exact) mass is 268 g/mol. The molecule has 0 radical (unpaired) electrons. The molecule has 2 N–H and O–H groups in total. The lowest BCUT2D eigenvalue weighted by Gasteiger charge is -2.24. The third kappa shape index (κ3) is 4.00. The molecule has 3 nitrogen and oxygen atoms in total. The van der Waals surface area contributed by atoms with Gasteiger partial charge in [0.05, 0.1) is 0 Å². The molecule has 100 valence electrons. The summed E-state index contributed by atoms with van der Waals surface area (Å²) >= 11 is 0. The molecule has 1 aromatic rings. The van der Waals surface area contributed by atoms with Crippen molar-refractivity contribution in [1.82, 2.24) is 5.32 Å². The number of benzene rings is 1. The van der Waals surface area contributed by atoms with Gasteiger partial charge in [-0.3, -0.25) is 4.79 Å². The highest BCUT2D eigenvalue weighted by Crippen LogP contribution is 2.29. The van der Waals surface area contributed by atoms with Gasteiger partial charge in [-0.25, -0.2) is 0 Å². The van der Waals surface area contributed by atoms with Crippen LogP contribution >= 0.6 is 12.4 Å². The maximum atomic E-state index is 11.8. The first kappa shape index (κ1) is 15.0. The Morgan fingerprint density at radius 3 is 2.67 bits per heavy atom. The average molecular weight is 269 g/mol. The fraction of sp³-hybridized carbons (Fsp3) is 0.500. The number of amides is 1. The van der Waals surface area contributed by atoms with Crippen molar-refractivity contribution in [3.8, 4) is 0 Å². The van der Waals surface area contributed by atoms with E-state index in [1.807, 2.05) is 31.3 Å². The van der Waals surface area contributed by atoms with Crippen molar-refractivity contribution >= 4 is 24.0 Å². The summed E-state index contributed by atoms with van der Waals surface area (Å²) in [6, 6.07) is 7.95. The van der Waals surface area contributed by atoms with Gasteiger partial charge in [-0.2, -0.15) is 0 Å².